The molecule has 0 unspecified atom stereocenters. The summed E-state index contributed by atoms with van der Waals surface area (Å²) < 4.78 is 0. The van der Waals surface area contributed by atoms with Crippen LogP contribution >= 0.6 is 11.3 Å². The van der Waals surface area contributed by atoms with Crippen molar-refractivity contribution >= 4 is 28.2 Å². The molecule has 0 saturated heterocycles. The lowest BCUT2D eigenvalue weighted by Gasteiger charge is -2.23. The van der Waals surface area contributed by atoms with Gasteiger partial charge < -0.3 is 10.2 Å². The number of rotatable bonds is 7. The van der Waals surface area contributed by atoms with Crippen molar-refractivity contribution in [1.82, 2.24) is 4.90 Å². The third-order valence-corrected chi connectivity index (χ3v) is 6.61. The molecule has 0 aliphatic heterocycles. The minimum absolute atomic E-state index is 0.0614. The van der Waals surface area contributed by atoms with Gasteiger partial charge in [0, 0.05) is 23.5 Å². The van der Waals surface area contributed by atoms with Gasteiger partial charge in [0.05, 0.1) is 5.56 Å². The molecule has 3 rings (SSSR count). The first-order chi connectivity index (χ1) is 13.5. The highest BCUT2D eigenvalue weighted by Gasteiger charge is 2.30. The number of benzene rings is 1. The van der Waals surface area contributed by atoms with Gasteiger partial charge in [-0.25, -0.2) is 0 Å². The highest BCUT2D eigenvalue weighted by molar-refractivity contribution is 7.17. The maximum absolute atomic E-state index is 13.4. The number of unbranched alkanes of at least 4 members (excludes halogenated alkanes) is 1. The smallest absolute Gasteiger partial charge is 0.257 e. The molecule has 1 N–H and O–H groups in total. The molecule has 1 aliphatic rings. The quantitative estimate of drug-likeness (QED) is 0.680. The van der Waals surface area contributed by atoms with Crippen LogP contribution in [0, 0.1) is 5.92 Å². The minimum Gasteiger partial charge on any atom is -0.339 e. The molecular formula is C23H30N2O2S. The van der Waals surface area contributed by atoms with Gasteiger partial charge in [0.15, 0.2) is 0 Å². The molecule has 150 valence electrons. The highest BCUT2D eigenvalue weighted by Crippen LogP contribution is 2.40. The van der Waals surface area contributed by atoms with Gasteiger partial charge >= 0.3 is 0 Å². The number of anilines is 1. The van der Waals surface area contributed by atoms with Crippen molar-refractivity contribution in [1.29, 1.82) is 0 Å². The molecule has 1 heterocycles. The number of carbonyl (C=O) groups is 2. The van der Waals surface area contributed by atoms with Crippen LogP contribution in [0.4, 0.5) is 5.00 Å². The van der Waals surface area contributed by atoms with Crippen LogP contribution in [-0.4, -0.2) is 29.8 Å². The topological polar surface area (TPSA) is 49.4 Å². The SMILES string of the molecule is CCCCN(CC)C(=O)c1c(NC(=O)c2ccccc2)sc2c1CC[C@@H](C)C2. The minimum atomic E-state index is -0.155. The van der Waals surface area contributed by atoms with E-state index in [1.165, 1.54) is 4.88 Å². The summed E-state index contributed by atoms with van der Waals surface area (Å²) >= 11 is 1.59. The van der Waals surface area contributed by atoms with Gasteiger partial charge in [-0.3, -0.25) is 9.59 Å². The second kappa shape index (κ2) is 9.37. The molecule has 2 aromatic rings. The number of amides is 2. The summed E-state index contributed by atoms with van der Waals surface area (Å²) in [4.78, 5) is 29.3. The van der Waals surface area contributed by atoms with Crippen molar-refractivity contribution in [3.63, 3.8) is 0 Å². The van der Waals surface area contributed by atoms with Gasteiger partial charge in [-0.15, -0.1) is 11.3 Å². The summed E-state index contributed by atoms with van der Waals surface area (Å²) in [7, 11) is 0. The van der Waals surface area contributed by atoms with Gasteiger partial charge in [-0.1, -0.05) is 38.5 Å². The molecule has 5 heteroatoms. The van der Waals surface area contributed by atoms with Crippen molar-refractivity contribution in [2.75, 3.05) is 18.4 Å². The normalized spacial score (nSPS) is 15.8. The highest BCUT2D eigenvalue weighted by atomic mass is 32.1. The summed E-state index contributed by atoms with van der Waals surface area (Å²) in [6.45, 7) is 7.87. The van der Waals surface area contributed by atoms with Crippen LogP contribution in [-0.2, 0) is 12.8 Å². The standard InChI is InChI=1S/C23H30N2O2S/c1-4-6-14-25(5-2)23(27)20-18-13-12-16(3)15-19(18)28-22(20)24-21(26)17-10-8-7-9-11-17/h7-11,16H,4-6,12-15H2,1-3H3,(H,24,26)/t16-/m1/s1. The van der Waals surface area contributed by atoms with Gasteiger partial charge in [0.1, 0.15) is 5.00 Å². The van der Waals surface area contributed by atoms with Crippen molar-refractivity contribution < 1.29 is 9.59 Å². The largest absolute Gasteiger partial charge is 0.339 e. The van der Waals surface area contributed by atoms with E-state index < -0.39 is 0 Å². The van der Waals surface area contributed by atoms with Crippen molar-refractivity contribution in [3.05, 3.63) is 51.9 Å². The summed E-state index contributed by atoms with van der Waals surface area (Å²) in [6, 6.07) is 9.19. The Bertz CT molecular complexity index is 829. The average Bonchev–Trinajstić information content (AvgIpc) is 3.05. The van der Waals surface area contributed by atoms with Crippen LogP contribution in [0.2, 0.25) is 0 Å². The number of fused-ring (bicyclic) bond motifs is 1. The Kier molecular flexibility index (Phi) is 6.89. The number of carbonyl (C=O) groups excluding carboxylic acids is 2. The summed E-state index contributed by atoms with van der Waals surface area (Å²) in [5, 5.41) is 3.76. The van der Waals surface area contributed by atoms with Crippen molar-refractivity contribution in [2.45, 2.75) is 52.9 Å². The molecule has 0 spiro atoms. The maximum Gasteiger partial charge on any atom is 0.257 e. The Morgan fingerprint density at radius 2 is 1.96 bits per heavy atom. The molecule has 1 aliphatic carbocycles. The lowest BCUT2D eigenvalue weighted by Crippen LogP contribution is -2.33. The Hall–Kier alpha value is -2.14. The van der Waals surface area contributed by atoms with Gasteiger partial charge in [0.25, 0.3) is 11.8 Å². The molecule has 0 saturated carbocycles. The van der Waals surface area contributed by atoms with E-state index in [9.17, 15) is 9.59 Å². The number of nitrogens with zero attached hydrogens (tertiary/aromatic N) is 1. The molecule has 0 radical (unpaired) electrons. The number of nitrogens with one attached hydrogen (secondary N) is 1. The monoisotopic (exact) mass is 398 g/mol. The fourth-order valence-electron chi connectivity index (χ4n) is 3.74. The second-order valence-electron chi connectivity index (χ2n) is 7.61. The van der Waals surface area contributed by atoms with Crippen molar-refractivity contribution in [3.8, 4) is 0 Å². The van der Waals surface area contributed by atoms with Gasteiger partial charge in [-0.2, -0.15) is 0 Å². The Labute approximate surface area is 172 Å². The molecule has 0 fully saturated rings. The van der Waals surface area contributed by atoms with Crippen LogP contribution < -0.4 is 5.32 Å². The number of thiophene rings is 1. The van der Waals surface area contributed by atoms with E-state index in [1.54, 1.807) is 23.5 Å². The van der Waals surface area contributed by atoms with Crippen LogP contribution in [0.15, 0.2) is 30.3 Å². The van der Waals surface area contributed by atoms with Crippen LogP contribution in [0.3, 0.4) is 0 Å². The molecule has 1 atom stereocenters. The van der Waals surface area contributed by atoms with E-state index in [1.807, 2.05) is 30.0 Å². The van der Waals surface area contributed by atoms with E-state index >= 15 is 0 Å². The molecule has 0 bridgehead atoms. The maximum atomic E-state index is 13.4. The Morgan fingerprint density at radius 3 is 2.64 bits per heavy atom. The predicted molar refractivity (Wildman–Crippen MR) is 116 cm³/mol. The molecule has 4 nitrogen and oxygen atoms in total. The molecular weight excluding hydrogens is 368 g/mol. The number of hydrogen-bond acceptors (Lipinski definition) is 3. The summed E-state index contributed by atoms with van der Waals surface area (Å²) in [5.74, 6) is 0.526. The van der Waals surface area contributed by atoms with Gasteiger partial charge in [-0.05, 0) is 56.2 Å². The zero-order valence-electron chi connectivity index (χ0n) is 17.1. The fourth-order valence-corrected chi connectivity index (χ4v) is 5.14. The first kappa shape index (κ1) is 20.6. The first-order valence-electron chi connectivity index (χ1n) is 10.3. The fraction of sp³-hybridized carbons (Fsp3) is 0.478. The van der Waals surface area contributed by atoms with Crippen LogP contribution in [0.25, 0.3) is 0 Å². The second-order valence-corrected chi connectivity index (χ2v) is 8.72. The predicted octanol–water partition coefficient (Wildman–Crippen LogP) is 5.39. The Balaban J connectivity index is 1.95. The van der Waals surface area contributed by atoms with E-state index in [2.05, 4.69) is 19.2 Å². The number of hydrogen-bond donors (Lipinski definition) is 1. The lowest BCUT2D eigenvalue weighted by molar-refractivity contribution is 0.0762. The third-order valence-electron chi connectivity index (χ3n) is 5.44. The lowest BCUT2D eigenvalue weighted by atomic mass is 9.88. The van der Waals surface area contributed by atoms with Crippen LogP contribution in [0.1, 0.15) is 71.2 Å². The van der Waals surface area contributed by atoms with E-state index in [-0.39, 0.29) is 11.8 Å². The van der Waals surface area contributed by atoms with E-state index in [4.69, 9.17) is 0 Å². The Morgan fingerprint density at radius 1 is 1.21 bits per heavy atom. The van der Waals surface area contributed by atoms with Crippen molar-refractivity contribution in [2.24, 2.45) is 5.92 Å². The van der Waals surface area contributed by atoms with Crippen LogP contribution in [0.5, 0.6) is 0 Å². The molecule has 1 aromatic heterocycles. The summed E-state index contributed by atoms with van der Waals surface area (Å²) in [6.07, 6.45) is 5.05. The molecule has 2 amide bonds. The molecule has 1 aromatic carbocycles. The first-order valence-corrected chi connectivity index (χ1v) is 11.2. The molecule has 28 heavy (non-hydrogen) atoms. The van der Waals surface area contributed by atoms with Gasteiger partial charge in [0.2, 0.25) is 0 Å². The average molecular weight is 399 g/mol. The van der Waals surface area contributed by atoms with E-state index in [0.717, 1.165) is 49.8 Å². The van der Waals surface area contributed by atoms with E-state index in [0.29, 0.717) is 23.0 Å². The third kappa shape index (κ3) is 4.46. The zero-order valence-corrected chi connectivity index (χ0v) is 17.9. The zero-order chi connectivity index (χ0) is 20.1. The summed E-state index contributed by atoms with van der Waals surface area (Å²) in [5.41, 5.74) is 2.50.